The van der Waals surface area contributed by atoms with Gasteiger partial charge in [-0.3, -0.25) is 14.4 Å². The van der Waals surface area contributed by atoms with E-state index in [4.69, 9.17) is 24.5 Å². The summed E-state index contributed by atoms with van der Waals surface area (Å²) in [5.74, 6) is -1.81. The van der Waals surface area contributed by atoms with E-state index in [9.17, 15) is 14.4 Å². The molecule has 3 unspecified atom stereocenters. The van der Waals surface area contributed by atoms with Crippen LogP contribution in [0.15, 0.2) is 5.11 Å². The maximum atomic E-state index is 11.3. The number of esters is 3. The molecule has 10 heteroatoms. The topological polar surface area (TPSA) is 137 Å². The molecule has 0 aliphatic carbocycles. The fourth-order valence-corrected chi connectivity index (χ4v) is 2.02. The molecular weight excluding hydrogens is 298 g/mol. The summed E-state index contributed by atoms with van der Waals surface area (Å²) in [5, 5.41) is 3.48. The van der Waals surface area contributed by atoms with Gasteiger partial charge in [0.2, 0.25) is 0 Å². The van der Waals surface area contributed by atoms with Gasteiger partial charge >= 0.3 is 17.9 Å². The monoisotopic (exact) mass is 315 g/mol. The second kappa shape index (κ2) is 8.20. The Bertz CT molecular complexity index is 489. The number of rotatable bonds is 5. The predicted molar refractivity (Wildman–Crippen MR) is 70.4 cm³/mol. The number of hydrogen-bond acceptors (Lipinski definition) is 8. The van der Waals surface area contributed by atoms with Crippen LogP contribution in [0.25, 0.3) is 10.4 Å². The Morgan fingerprint density at radius 1 is 1.14 bits per heavy atom. The summed E-state index contributed by atoms with van der Waals surface area (Å²) < 4.78 is 20.5. The molecule has 122 valence electrons. The second-order valence-corrected chi connectivity index (χ2v) is 4.59. The number of hydrogen-bond donors (Lipinski definition) is 0. The number of azide groups is 1. The van der Waals surface area contributed by atoms with Gasteiger partial charge in [0.25, 0.3) is 0 Å². The molecule has 1 rings (SSSR count). The lowest BCUT2D eigenvalue weighted by atomic mass is 9.98. The summed E-state index contributed by atoms with van der Waals surface area (Å²) in [7, 11) is 0. The molecule has 10 nitrogen and oxygen atoms in total. The van der Waals surface area contributed by atoms with Crippen LogP contribution in [-0.2, 0) is 33.3 Å². The van der Waals surface area contributed by atoms with Crippen molar-refractivity contribution in [3.05, 3.63) is 10.4 Å². The highest BCUT2D eigenvalue weighted by atomic mass is 16.6. The van der Waals surface area contributed by atoms with Crippen molar-refractivity contribution < 1.29 is 33.3 Å². The van der Waals surface area contributed by atoms with Gasteiger partial charge in [0.05, 0.1) is 6.61 Å². The van der Waals surface area contributed by atoms with Crippen LogP contribution >= 0.6 is 0 Å². The Morgan fingerprint density at radius 3 is 2.23 bits per heavy atom. The molecule has 0 saturated carbocycles. The lowest BCUT2D eigenvalue weighted by Gasteiger charge is -2.39. The number of nitrogens with zero attached hydrogens (tertiary/aromatic N) is 3. The van der Waals surface area contributed by atoms with Crippen LogP contribution < -0.4 is 0 Å². The molecule has 0 N–H and O–H groups in total. The van der Waals surface area contributed by atoms with Gasteiger partial charge in [-0.15, -0.1) is 0 Å². The molecule has 0 bridgehead atoms. The van der Waals surface area contributed by atoms with E-state index in [0.29, 0.717) is 0 Å². The first-order valence-electron chi connectivity index (χ1n) is 6.48. The first-order chi connectivity index (χ1) is 10.3. The van der Waals surface area contributed by atoms with Gasteiger partial charge in [-0.05, 0) is 5.53 Å². The van der Waals surface area contributed by atoms with E-state index < -0.39 is 42.3 Å². The molecule has 0 aromatic rings. The molecule has 1 heterocycles. The fraction of sp³-hybridized carbons (Fsp3) is 0.750. The minimum absolute atomic E-state index is 0.0638. The van der Waals surface area contributed by atoms with Crippen LogP contribution in [0.2, 0.25) is 0 Å². The summed E-state index contributed by atoms with van der Waals surface area (Å²) in [6, 6.07) is -0.855. The number of ether oxygens (including phenoxy) is 4. The van der Waals surface area contributed by atoms with Crippen LogP contribution in [0.5, 0.6) is 0 Å². The Hall–Kier alpha value is -2.32. The number of carbonyl (C=O) groups excluding carboxylic acids is 3. The molecular formula is C12H17N3O7. The van der Waals surface area contributed by atoms with Gasteiger partial charge in [0, 0.05) is 25.7 Å². The van der Waals surface area contributed by atoms with E-state index in [1.165, 1.54) is 20.8 Å². The van der Waals surface area contributed by atoms with Crippen molar-refractivity contribution in [2.75, 3.05) is 13.2 Å². The maximum absolute atomic E-state index is 11.3. The van der Waals surface area contributed by atoms with E-state index in [1.54, 1.807) is 0 Å². The standard InChI is InChI=1S/C12H17N3O7/c1-6(16)19-5-10-12(22-8(3)18)11(21-7(2)17)9(4-20-10)14-15-13/h9-12H,4-5H2,1-3H3/t9?,10?,11?,12-/m0/s1. The van der Waals surface area contributed by atoms with Gasteiger partial charge in [-0.1, -0.05) is 5.11 Å². The van der Waals surface area contributed by atoms with Crippen molar-refractivity contribution in [1.82, 2.24) is 0 Å². The SMILES string of the molecule is CC(=O)OCC1OCC(N=[N+]=[N-])C(OC(C)=O)[C@H]1OC(C)=O. The van der Waals surface area contributed by atoms with Gasteiger partial charge in [0.15, 0.2) is 12.2 Å². The molecule has 0 aromatic heterocycles. The zero-order chi connectivity index (χ0) is 16.7. The molecule has 0 aromatic carbocycles. The van der Waals surface area contributed by atoms with Crippen LogP contribution in [-0.4, -0.2) is 55.5 Å². The van der Waals surface area contributed by atoms with E-state index >= 15 is 0 Å². The molecule has 0 amide bonds. The Morgan fingerprint density at radius 2 is 1.73 bits per heavy atom. The van der Waals surface area contributed by atoms with E-state index in [1.807, 2.05) is 0 Å². The van der Waals surface area contributed by atoms with Crippen LogP contribution in [0.4, 0.5) is 0 Å². The molecule has 1 saturated heterocycles. The third kappa shape index (κ3) is 5.23. The summed E-state index contributed by atoms with van der Waals surface area (Å²) in [6.07, 6.45) is -2.90. The minimum atomic E-state index is -1.05. The largest absolute Gasteiger partial charge is 0.463 e. The summed E-state index contributed by atoms with van der Waals surface area (Å²) in [6.45, 7) is 3.31. The quantitative estimate of drug-likeness (QED) is 0.236. The third-order valence-corrected chi connectivity index (χ3v) is 2.81. The summed E-state index contributed by atoms with van der Waals surface area (Å²) >= 11 is 0. The minimum Gasteiger partial charge on any atom is -0.463 e. The normalized spacial score (nSPS) is 27.2. The van der Waals surface area contributed by atoms with Crippen molar-refractivity contribution in [3.8, 4) is 0 Å². The smallest absolute Gasteiger partial charge is 0.303 e. The zero-order valence-corrected chi connectivity index (χ0v) is 12.4. The lowest BCUT2D eigenvalue weighted by molar-refractivity contribution is -0.204. The zero-order valence-electron chi connectivity index (χ0n) is 12.4. The van der Waals surface area contributed by atoms with Crippen LogP contribution in [0.1, 0.15) is 20.8 Å². The molecule has 1 aliphatic heterocycles. The highest BCUT2D eigenvalue weighted by Crippen LogP contribution is 2.24. The molecule has 4 atom stereocenters. The van der Waals surface area contributed by atoms with Crippen LogP contribution in [0.3, 0.4) is 0 Å². The van der Waals surface area contributed by atoms with Crippen molar-refractivity contribution in [2.24, 2.45) is 5.11 Å². The predicted octanol–water partition coefficient (Wildman–Crippen LogP) is 0.491. The molecule has 0 radical (unpaired) electrons. The molecule has 0 spiro atoms. The average Bonchev–Trinajstić information content (AvgIpc) is 2.40. The first-order valence-corrected chi connectivity index (χ1v) is 6.48. The second-order valence-electron chi connectivity index (χ2n) is 4.59. The summed E-state index contributed by atoms with van der Waals surface area (Å²) in [5.41, 5.74) is 8.57. The highest BCUT2D eigenvalue weighted by Gasteiger charge is 2.45. The van der Waals surface area contributed by atoms with Gasteiger partial charge < -0.3 is 18.9 Å². The highest BCUT2D eigenvalue weighted by molar-refractivity contribution is 5.67. The Kier molecular flexibility index (Phi) is 6.61. The van der Waals surface area contributed by atoms with Gasteiger partial charge in [-0.2, -0.15) is 0 Å². The molecule has 22 heavy (non-hydrogen) atoms. The summed E-state index contributed by atoms with van der Waals surface area (Å²) in [4.78, 5) is 36.1. The van der Waals surface area contributed by atoms with E-state index in [-0.39, 0.29) is 13.2 Å². The molecule has 1 fully saturated rings. The van der Waals surface area contributed by atoms with E-state index in [0.717, 1.165) is 0 Å². The third-order valence-electron chi connectivity index (χ3n) is 2.81. The average molecular weight is 315 g/mol. The van der Waals surface area contributed by atoms with Crippen molar-refractivity contribution in [1.29, 1.82) is 0 Å². The van der Waals surface area contributed by atoms with E-state index in [2.05, 4.69) is 10.0 Å². The number of carbonyl (C=O) groups is 3. The lowest BCUT2D eigenvalue weighted by Crippen LogP contribution is -2.57. The van der Waals surface area contributed by atoms with Gasteiger partial charge in [-0.25, -0.2) is 0 Å². The van der Waals surface area contributed by atoms with Gasteiger partial charge in [0.1, 0.15) is 18.8 Å². The van der Waals surface area contributed by atoms with Crippen molar-refractivity contribution >= 4 is 17.9 Å². The Balaban J connectivity index is 2.99. The first kappa shape index (κ1) is 17.7. The van der Waals surface area contributed by atoms with Crippen LogP contribution in [0, 0.1) is 0 Å². The van der Waals surface area contributed by atoms with Crippen molar-refractivity contribution in [2.45, 2.75) is 45.1 Å². The van der Waals surface area contributed by atoms with Crippen molar-refractivity contribution in [3.63, 3.8) is 0 Å². The maximum Gasteiger partial charge on any atom is 0.303 e. The molecule has 1 aliphatic rings. The Labute approximate surface area is 126 Å². The fourth-order valence-electron chi connectivity index (χ4n) is 2.02.